The van der Waals surface area contributed by atoms with Gasteiger partial charge in [0, 0.05) is 19.3 Å². The number of sulfone groups is 1. The molecule has 2 unspecified atom stereocenters. The molecule has 0 aliphatic heterocycles. The summed E-state index contributed by atoms with van der Waals surface area (Å²) in [6.07, 6.45) is 1.76. The lowest BCUT2D eigenvalue weighted by molar-refractivity contribution is 0.0740. The third kappa shape index (κ3) is 3.20. The van der Waals surface area contributed by atoms with Crippen molar-refractivity contribution in [2.45, 2.75) is 45.4 Å². The van der Waals surface area contributed by atoms with Crippen LogP contribution in [-0.2, 0) is 16.3 Å². The highest BCUT2D eigenvalue weighted by atomic mass is 32.2. The van der Waals surface area contributed by atoms with Crippen LogP contribution in [0.15, 0.2) is 4.52 Å². The van der Waals surface area contributed by atoms with Gasteiger partial charge >= 0.3 is 0 Å². The van der Waals surface area contributed by atoms with E-state index in [4.69, 9.17) is 4.52 Å². The maximum atomic E-state index is 12.5. The summed E-state index contributed by atoms with van der Waals surface area (Å²) in [5, 5.41) is 3.21. The first-order valence-corrected chi connectivity index (χ1v) is 8.47. The first-order valence-electron chi connectivity index (χ1n) is 6.52. The van der Waals surface area contributed by atoms with Crippen molar-refractivity contribution < 1.29 is 17.7 Å². The molecule has 2 atom stereocenters. The molecule has 0 saturated carbocycles. The van der Waals surface area contributed by atoms with Crippen LogP contribution in [0.2, 0.25) is 0 Å². The molecule has 1 amide bonds. The molecule has 0 fully saturated rings. The number of aromatic nitrogens is 1. The molecule has 20 heavy (non-hydrogen) atoms. The minimum atomic E-state index is -3.21. The van der Waals surface area contributed by atoms with Crippen LogP contribution in [0.1, 0.15) is 42.6 Å². The third-order valence-electron chi connectivity index (χ3n) is 3.77. The van der Waals surface area contributed by atoms with Crippen molar-refractivity contribution >= 4 is 15.7 Å². The Morgan fingerprint density at radius 3 is 2.40 bits per heavy atom. The van der Waals surface area contributed by atoms with Gasteiger partial charge in [-0.3, -0.25) is 4.79 Å². The van der Waals surface area contributed by atoms with Crippen molar-refractivity contribution in [3.8, 4) is 0 Å². The molecule has 0 saturated heterocycles. The normalized spacial score (nSPS) is 14.9. The van der Waals surface area contributed by atoms with Crippen molar-refractivity contribution in [2.75, 3.05) is 13.3 Å². The minimum Gasteiger partial charge on any atom is -0.361 e. The number of hydrogen-bond acceptors (Lipinski definition) is 5. The van der Waals surface area contributed by atoms with Gasteiger partial charge in [0.1, 0.15) is 11.3 Å². The van der Waals surface area contributed by atoms with E-state index in [1.807, 2.05) is 6.92 Å². The van der Waals surface area contributed by atoms with Gasteiger partial charge in [-0.2, -0.15) is 0 Å². The monoisotopic (exact) mass is 302 g/mol. The van der Waals surface area contributed by atoms with Crippen molar-refractivity contribution in [3.05, 3.63) is 17.0 Å². The summed E-state index contributed by atoms with van der Waals surface area (Å²) in [6, 6.07) is -0.434. The largest absolute Gasteiger partial charge is 0.361 e. The van der Waals surface area contributed by atoms with Gasteiger partial charge in [-0.1, -0.05) is 12.1 Å². The molecule has 1 aromatic heterocycles. The summed E-state index contributed by atoms with van der Waals surface area (Å²) in [7, 11) is -1.61. The highest BCUT2D eigenvalue weighted by Crippen LogP contribution is 2.19. The number of carbonyl (C=O) groups excluding carboxylic acids is 1. The van der Waals surface area contributed by atoms with E-state index >= 15 is 0 Å². The Kier molecular flexibility index (Phi) is 4.96. The van der Waals surface area contributed by atoms with Crippen LogP contribution in [0.25, 0.3) is 0 Å². The summed E-state index contributed by atoms with van der Waals surface area (Å²) in [6.45, 7) is 6.89. The van der Waals surface area contributed by atoms with Gasteiger partial charge in [0.2, 0.25) is 0 Å². The first-order chi connectivity index (χ1) is 9.11. The quantitative estimate of drug-likeness (QED) is 0.822. The Morgan fingerprint density at radius 1 is 1.40 bits per heavy atom. The fourth-order valence-electron chi connectivity index (χ4n) is 1.97. The molecule has 1 aromatic rings. The molecule has 7 heteroatoms. The van der Waals surface area contributed by atoms with Crippen LogP contribution in [0.3, 0.4) is 0 Å². The number of aryl methyl sites for hydroxylation is 2. The Morgan fingerprint density at radius 2 is 1.95 bits per heavy atom. The van der Waals surface area contributed by atoms with E-state index in [9.17, 15) is 13.2 Å². The Balaban J connectivity index is 3.06. The van der Waals surface area contributed by atoms with E-state index in [-0.39, 0.29) is 5.91 Å². The zero-order valence-electron chi connectivity index (χ0n) is 12.8. The lowest BCUT2D eigenvalue weighted by Gasteiger charge is -2.28. The summed E-state index contributed by atoms with van der Waals surface area (Å²) in [5.41, 5.74) is 1.03. The molecule has 6 nitrogen and oxygen atoms in total. The molecular weight excluding hydrogens is 280 g/mol. The SMILES string of the molecule is CCc1noc(C)c1C(=O)N(C)C(C)C(C)S(C)(=O)=O. The highest BCUT2D eigenvalue weighted by molar-refractivity contribution is 7.91. The van der Waals surface area contributed by atoms with E-state index in [1.54, 1.807) is 27.8 Å². The second-order valence-corrected chi connectivity index (χ2v) is 7.51. The minimum absolute atomic E-state index is 0.261. The van der Waals surface area contributed by atoms with Crippen LogP contribution in [-0.4, -0.2) is 49.0 Å². The maximum absolute atomic E-state index is 12.5. The number of nitrogens with zero attached hydrogens (tertiary/aromatic N) is 2. The standard InChI is InChI=1S/C13H22N2O4S/c1-7-11-12(9(3)19-14-11)13(16)15(5)8(2)10(4)20(6,17)18/h8,10H,7H2,1-6H3. The van der Waals surface area contributed by atoms with Crippen molar-refractivity contribution in [1.82, 2.24) is 10.1 Å². The first kappa shape index (κ1) is 16.7. The second-order valence-electron chi connectivity index (χ2n) is 5.11. The van der Waals surface area contributed by atoms with Crippen LogP contribution in [0.4, 0.5) is 0 Å². The molecule has 1 heterocycles. The molecule has 0 N–H and O–H groups in total. The smallest absolute Gasteiger partial charge is 0.259 e. The fourth-order valence-corrected chi connectivity index (χ4v) is 2.87. The number of amides is 1. The molecule has 0 aliphatic carbocycles. The predicted molar refractivity (Wildman–Crippen MR) is 76.5 cm³/mol. The second kappa shape index (κ2) is 5.95. The molecule has 0 spiro atoms. The number of hydrogen-bond donors (Lipinski definition) is 0. The van der Waals surface area contributed by atoms with E-state index < -0.39 is 21.1 Å². The Hall–Kier alpha value is -1.37. The molecular formula is C13H22N2O4S. The zero-order valence-corrected chi connectivity index (χ0v) is 13.6. The fraction of sp³-hybridized carbons (Fsp3) is 0.692. The van der Waals surface area contributed by atoms with Gasteiger partial charge < -0.3 is 9.42 Å². The van der Waals surface area contributed by atoms with Gasteiger partial charge in [0.05, 0.1) is 10.9 Å². The third-order valence-corrected chi connectivity index (χ3v) is 5.51. The van der Waals surface area contributed by atoms with Crippen LogP contribution >= 0.6 is 0 Å². The summed E-state index contributed by atoms with van der Waals surface area (Å²) >= 11 is 0. The summed E-state index contributed by atoms with van der Waals surface area (Å²) in [4.78, 5) is 13.9. The van der Waals surface area contributed by atoms with Gasteiger partial charge in [-0.15, -0.1) is 0 Å². The van der Waals surface area contributed by atoms with Gasteiger partial charge in [-0.25, -0.2) is 8.42 Å². The average molecular weight is 302 g/mol. The van der Waals surface area contributed by atoms with Crippen LogP contribution in [0, 0.1) is 6.92 Å². The average Bonchev–Trinajstić information content (AvgIpc) is 2.75. The van der Waals surface area contributed by atoms with E-state index in [0.717, 1.165) is 0 Å². The lowest BCUT2D eigenvalue weighted by atomic mass is 10.1. The van der Waals surface area contributed by atoms with Gasteiger partial charge in [0.25, 0.3) is 5.91 Å². The molecule has 0 bridgehead atoms. The molecule has 0 aromatic carbocycles. The predicted octanol–water partition coefficient (Wildman–Crippen LogP) is 1.44. The topological polar surface area (TPSA) is 80.5 Å². The Labute approximate surface area is 120 Å². The van der Waals surface area contributed by atoms with Crippen molar-refractivity contribution in [1.29, 1.82) is 0 Å². The highest BCUT2D eigenvalue weighted by Gasteiger charge is 2.31. The zero-order chi connectivity index (χ0) is 15.7. The van der Waals surface area contributed by atoms with Crippen LogP contribution < -0.4 is 0 Å². The Bertz CT molecular complexity index is 592. The maximum Gasteiger partial charge on any atom is 0.259 e. The molecule has 1 rings (SSSR count). The van der Waals surface area contributed by atoms with E-state index in [0.29, 0.717) is 23.4 Å². The van der Waals surface area contributed by atoms with Crippen molar-refractivity contribution in [2.24, 2.45) is 0 Å². The molecule has 0 radical (unpaired) electrons. The molecule has 114 valence electrons. The van der Waals surface area contributed by atoms with E-state index in [1.165, 1.54) is 11.2 Å². The number of rotatable bonds is 5. The summed E-state index contributed by atoms with van der Waals surface area (Å²) < 4.78 is 28.3. The van der Waals surface area contributed by atoms with Gasteiger partial charge in [-0.05, 0) is 27.2 Å². The van der Waals surface area contributed by atoms with Gasteiger partial charge in [0.15, 0.2) is 9.84 Å². The van der Waals surface area contributed by atoms with Crippen molar-refractivity contribution in [3.63, 3.8) is 0 Å². The lowest BCUT2D eigenvalue weighted by Crippen LogP contribution is -2.44. The number of carbonyl (C=O) groups is 1. The van der Waals surface area contributed by atoms with Crippen LogP contribution in [0.5, 0.6) is 0 Å². The molecule has 0 aliphatic rings. The van der Waals surface area contributed by atoms with E-state index in [2.05, 4.69) is 5.16 Å². The summed E-state index contributed by atoms with van der Waals surface area (Å²) in [5.74, 6) is 0.196.